The lowest BCUT2D eigenvalue weighted by molar-refractivity contribution is 0.00706. The maximum atomic E-state index is 5.79. The molecule has 2 aliphatic heterocycles. The molecule has 0 spiro atoms. The number of hydrogen-bond donors (Lipinski definition) is 1. The first-order chi connectivity index (χ1) is 7.90. The molecule has 0 aliphatic carbocycles. The molecule has 0 bridgehead atoms. The monoisotopic (exact) mass is 225 g/mol. The second-order valence-corrected chi connectivity index (χ2v) is 4.73. The van der Waals surface area contributed by atoms with Crippen LogP contribution in [0.15, 0.2) is 11.8 Å². The lowest BCUT2D eigenvalue weighted by atomic mass is 9.94. The van der Waals surface area contributed by atoms with E-state index in [1.807, 2.05) is 13.3 Å². The van der Waals surface area contributed by atoms with Crippen LogP contribution in [0.2, 0.25) is 0 Å². The highest BCUT2D eigenvalue weighted by Gasteiger charge is 2.22. The van der Waals surface area contributed by atoms with Crippen LogP contribution < -0.4 is 5.32 Å². The second kappa shape index (κ2) is 6.26. The molecule has 3 nitrogen and oxygen atoms in total. The first-order valence-electron chi connectivity index (χ1n) is 6.49. The van der Waals surface area contributed by atoms with Crippen LogP contribution in [0.4, 0.5) is 0 Å². The van der Waals surface area contributed by atoms with Gasteiger partial charge in [-0.25, -0.2) is 0 Å². The molecule has 0 amide bonds. The number of likely N-dealkylation sites (N-methyl/N-ethyl adjacent to an activating group) is 1. The Labute approximate surface area is 98.2 Å². The van der Waals surface area contributed by atoms with Crippen LogP contribution in [0.5, 0.6) is 0 Å². The van der Waals surface area contributed by atoms with Crippen LogP contribution >= 0.6 is 0 Å². The van der Waals surface area contributed by atoms with Gasteiger partial charge >= 0.3 is 0 Å². The number of hydrogen-bond acceptors (Lipinski definition) is 3. The molecule has 2 atom stereocenters. The lowest BCUT2D eigenvalue weighted by Crippen LogP contribution is -2.34. The molecule has 1 N–H and O–H groups in total. The van der Waals surface area contributed by atoms with Crippen molar-refractivity contribution in [2.75, 3.05) is 20.3 Å². The van der Waals surface area contributed by atoms with Crippen LogP contribution in [-0.4, -0.2) is 32.4 Å². The molecule has 0 aromatic rings. The van der Waals surface area contributed by atoms with E-state index in [0.29, 0.717) is 12.1 Å². The Hall–Kier alpha value is -0.540. The Morgan fingerprint density at radius 2 is 2.31 bits per heavy atom. The predicted molar refractivity (Wildman–Crippen MR) is 64.3 cm³/mol. The van der Waals surface area contributed by atoms with E-state index in [1.165, 1.54) is 24.8 Å². The van der Waals surface area contributed by atoms with Gasteiger partial charge in [-0.2, -0.15) is 0 Å². The molecule has 1 fully saturated rings. The Kier molecular flexibility index (Phi) is 4.67. The van der Waals surface area contributed by atoms with E-state index in [-0.39, 0.29) is 0 Å². The van der Waals surface area contributed by atoms with E-state index in [1.54, 1.807) is 0 Å². The summed E-state index contributed by atoms with van der Waals surface area (Å²) in [6.07, 6.45) is 9.55. The summed E-state index contributed by atoms with van der Waals surface area (Å²) in [5, 5.41) is 3.39. The maximum absolute atomic E-state index is 5.79. The highest BCUT2D eigenvalue weighted by molar-refractivity contribution is 5.10. The predicted octanol–water partition coefficient (Wildman–Crippen LogP) is 2.23. The van der Waals surface area contributed by atoms with Crippen molar-refractivity contribution >= 4 is 0 Å². The smallest absolute Gasteiger partial charge is 0.0876 e. The van der Waals surface area contributed by atoms with E-state index in [9.17, 15) is 0 Å². The van der Waals surface area contributed by atoms with Crippen molar-refractivity contribution in [3.8, 4) is 0 Å². The molecule has 16 heavy (non-hydrogen) atoms. The van der Waals surface area contributed by atoms with Gasteiger partial charge in [0.05, 0.1) is 19.0 Å². The average Bonchev–Trinajstić information content (AvgIpc) is 2.38. The normalized spacial score (nSPS) is 28.1. The van der Waals surface area contributed by atoms with Gasteiger partial charge in [-0.05, 0) is 51.1 Å². The number of rotatable bonds is 4. The van der Waals surface area contributed by atoms with E-state index < -0.39 is 0 Å². The molecule has 3 heteroatoms. The van der Waals surface area contributed by atoms with E-state index in [4.69, 9.17) is 9.47 Å². The third-order valence-electron chi connectivity index (χ3n) is 3.53. The number of ether oxygens (including phenoxy) is 2. The van der Waals surface area contributed by atoms with E-state index in [0.717, 1.165) is 32.5 Å². The summed E-state index contributed by atoms with van der Waals surface area (Å²) in [6.45, 7) is 1.82. The first-order valence-corrected chi connectivity index (χ1v) is 6.49. The largest absolute Gasteiger partial charge is 0.501 e. The molecule has 0 radical (unpaired) electrons. The zero-order valence-corrected chi connectivity index (χ0v) is 10.2. The van der Waals surface area contributed by atoms with Gasteiger partial charge in [0.1, 0.15) is 0 Å². The minimum absolute atomic E-state index is 0.434. The maximum Gasteiger partial charge on any atom is 0.0876 e. The van der Waals surface area contributed by atoms with Crippen molar-refractivity contribution in [2.24, 2.45) is 0 Å². The van der Waals surface area contributed by atoms with E-state index >= 15 is 0 Å². The molecule has 92 valence electrons. The Morgan fingerprint density at radius 1 is 1.38 bits per heavy atom. The number of nitrogens with one attached hydrogen (secondary N) is 1. The van der Waals surface area contributed by atoms with Crippen molar-refractivity contribution in [1.29, 1.82) is 0 Å². The zero-order chi connectivity index (χ0) is 11.2. The third kappa shape index (κ3) is 3.22. The molecular formula is C13H23NO2. The summed E-state index contributed by atoms with van der Waals surface area (Å²) < 4.78 is 11.2. The Morgan fingerprint density at radius 3 is 2.94 bits per heavy atom. The standard InChI is InChI=1S/C13H23NO2/c1-14-13(11-5-4-7-15-10-11)9-12-6-2-3-8-16-12/h10,12-14H,2-9H2,1H3. The average molecular weight is 225 g/mol. The molecule has 2 aliphatic rings. The fourth-order valence-corrected chi connectivity index (χ4v) is 2.55. The van der Waals surface area contributed by atoms with Gasteiger partial charge in [0.2, 0.25) is 0 Å². The van der Waals surface area contributed by atoms with Crippen LogP contribution in [0.25, 0.3) is 0 Å². The summed E-state index contributed by atoms with van der Waals surface area (Å²) in [4.78, 5) is 0. The van der Waals surface area contributed by atoms with Crippen LogP contribution in [0.1, 0.15) is 38.5 Å². The molecule has 0 aromatic carbocycles. The van der Waals surface area contributed by atoms with Gasteiger partial charge in [-0.3, -0.25) is 0 Å². The van der Waals surface area contributed by atoms with Crippen molar-refractivity contribution < 1.29 is 9.47 Å². The summed E-state index contributed by atoms with van der Waals surface area (Å²) in [5.74, 6) is 0. The topological polar surface area (TPSA) is 30.5 Å². The van der Waals surface area contributed by atoms with Gasteiger partial charge in [0.25, 0.3) is 0 Å². The summed E-state index contributed by atoms with van der Waals surface area (Å²) >= 11 is 0. The fraction of sp³-hybridized carbons (Fsp3) is 0.846. The zero-order valence-electron chi connectivity index (χ0n) is 10.2. The first kappa shape index (κ1) is 11.9. The molecule has 2 unspecified atom stereocenters. The van der Waals surface area contributed by atoms with Gasteiger partial charge in [-0.1, -0.05) is 0 Å². The molecular weight excluding hydrogens is 202 g/mol. The molecule has 0 saturated carbocycles. The van der Waals surface area contributed by atoms with Crippen molar-refractivity contribution in [3.05, 3.63) is 11.8 Å². The lowest BCUT2D eigenvalue weighted by Gasteiger charge is -2.29. The third-order valence-corrected chi connectivity index (χ3v) is 3.53. The second-order valence-electron chi connectivity index (χ2n) is 4.73. The summed E-state index contributed by atoms with van der Waals surface area (Å²) in [6, 6.07) is 0.434. The Balaban J connectivity index is 1.86. The molecule has 0 aromatic heterocycles. The highest BCUT2D eigenvalue weighted by atomic mass is 16.5. The van der Waals surface area contributed by atoms with Crippen molar-refractivity contribution in [1.82, 2.24) is 5.32 Å². The molecule has 2 rings (SSSR count). The van der Waals surface area contributed by atoms with Crippen LogP contribution in [0.3, 0.4) is 0 Å². The van der Waals surface area contributed by atoms with Gasteiger partial charge in [-0.15, -0.1) is 0 Å². The highest BCUT2D eigenvalue weighted by Crippen LogP contribution is 2.23. The SMILES string of the molecule is CNC(CC1CCCCO1)C1=COCCC1. The van der Waals surface area contributed by atoms with Gasteiger partial charge in [0, 0.05) is 12.6 Å². The molecule has 1 saturated heterocycles. The Bertz CT molecular complexity index is 234. The van der Waals surface area contributed by atoms with Crippen LogP contribution in [-0.2, 0) is 9.47 Å². The van der Waals surface area contributed by atoms with Gasteiger partial charge in [0.15, 0.2) is 0 Å². The minimum Gasteiger partial charge on any atom is -0.501 e. The van der Waals surface area contributed by atoms with Crippen molar-refractivity contribution in [2.45, 2.75) is 50.7 Å². The van der Waals surface area contributed by atoms with E-state index in [2.05, 4.69) is 5.32 Å². The summed E-state index contributed by atoms with van der Waals surface area (Å²) in [5.41, 5.74) is 1.41. The van der Waals surface area contributed by atoms with Crippen molar-refractivity contribution in [3.63, 3.8) is 0 Å². The quantitative estimate of drug-likeness (QED) is 0.796. The summed E-state index contributed by atoms with van der Waals surface area (Å²) in [7, 11) is 2.03. The minimum atomic E-state index is 0.434. The molecule has 2 heterocycles. The fourth-order valence-electron chi connectivity index (χ4n) is 2.55. The van der Waals surface area contributed by atoms with Crippen LogP contribution in [0, 0.1) is 0 Å². The van der Waals surface area contributed by atoms with Gasteiger partial charge < -0.3 is 14.8 Å².